The fourth-order valence-electron chi connectivity index (χ4n) is 3.54. The minimum absolute atomic E-state index is 0.161. The van der Waals surface area contributed by atoms with Crippen molar-refractivity contribution in [2.75, 3.05) is 32.9 Å². The van der Waals surface area contributed by atoms with Gasteiger partial charge in [-0.15, -0.1) is 5.10 Å². The normalized spacial score (nSPS) is 21.3. The molecule has 0 radical (unpaired) electrons. The zero-order valence-electron chi connectivity index (χ0n) is 14.7. The fourth-order valence-corrected chi connectivity index (χ4v) is 3.81. The van der Waals surface area contributed by atoms with Crippen molar-refractivity contribution < 1.29 is 18.8 Å². The standard InChI is InChI=1S/C18H23FN4O2S/c19-15-5-3-14(4-6-15)17-20-23(13-21-7-10-24-11-8-21)18(26)22(17)12-16-2-1-9-25-16/h3-6,16H,1-2,7-13H2/p+1/t16-/m0/s1. The molecule has 140 valence electrons. The van der Waals surface area contributed by atoms with E-state index in [1.54, 1.807) is 12.1 Å². The molecule has 26 heavy (non-hydrogen) atoms. The van der Waals surface area contributed by atoms with Gasteiger partial charge >= 0.3 is 0 Å². The number of nitrogens with one attached hydrogen (secondary N) is 1. The predicted molar refractivity (Wildman–Crippen MR) is 96.9 cm³/mol. The third-order valence-corrected chi connectivity index (χ3v) is 5.44. The molecule has 1 atom stereocenters. The number of halogens is 1. The summed E-state index contributed by atoms with van der Waals surface area (Å²) in [6.45, 7) is 5.64. The Labute approximate surface area is 157 Å². The second-order valence-electron chi connectivity index (χ2n) is 6.88. The molecule has 1 N–H and O–H groups in total. The SMILES string of the molecule is Fc1ccc(-c2nn(C[NH+]3CCOCC3)c(=S)n2C[C@@H]2CCCO2)cc1. The number of hydrogen-bond acceptors (Lipinski definition) is 4. The monoisotopic (exact) mass is 379 g/mol. The van der Waals surface area contributed by atoms with E-state index in [0.29, 0.717) is 11.3 Å². The van der Waals surface area contributed by atoms with Crippen molar-refractivity contribution in [3.05, 3.63) is 34.9 Å². The Balaban J connectivity index is 1.66. The Morgan fingerprint density at radius 2 is 1.96 bits per heavy atom. The predicted octanol–water partition coefficient (Wildman–Crippen LogP) is 1.27. The van der Waals surface area contributed by atoms with E-state index in [4.69, 9.17) is 26.8 Å². The fraction of sp³-hybridized carbons (Fsp3) is 0.556. The molecule has 6 nitrogen and oxygen atoms in total. The zero-order chi connectivity index (χ0) is 17.9. The Bertz CT molecular complexity index is 793. The van der Waals surface area contributed by atoms with Crippen molar-refractivity contribution in [2.45, 2.75) is 32.2 Å². The van der Waals surface area contributed by atoms with Crippen LogP contribution < -0.4 is 4.90 Å². The number of nitrogens with zero attached hydrogens (tertiary/aromatic N) is 3. The lowest BCUT2D eigenvalue weighted by molar-refractivity contribution is -0.930. The summed E-state index contributed by atoms with van der Waals surface area (Å²) in [7, 11) is 0. The highest BCUT2D eigenvalue weighted by Crippen LogP contribution is 2.22. The van der Waals surface area contributed by atoms with Crippen LogP contribution in [-0.2, 0) is 22.7 Å². The van der Waals surface area contributed by atoms with E-state index in [1.165, 1.54) is 17.0 Å². The van der Waals surface area contributed by atoms with E-state index in [2.05, 4.69) is 0 Å². The molecule has 2 aliphatic heterocycles. The van der Waals surface area contributed by atoms with Gasteiger partial charge in [-0.1, -0.05) is 0 Å². The lowest BCUT2D eigenvalue weighted by Crippen LogP contribution is -3.13. The molecule has 0 spiro atoms. The summed E-state index contributed by atoms with van der Waals surface area (Å²) in [5.74, 6) is 0.522. The lowest BCUT2D eigenvalue weighted by atomic mass is 10.2. The van der Waals surface area contributed by atoms with Crippen LogP contribution in [0.5, 0.6) is 0 Å². The summed E-state index contributed by atoms with van der Waals surface area (Å²) in [5.41, 5.74) is 0.867. The van der Waals surface area contributed by atoms with Crippen LogP contribution in [0.2, 0.25) is 0 Å². The van der Waals surface area contributed by atoms with Gasteiger partial charge in [0.25, 0.3) is 0 Å². The quantitative estimate of drug-likeness (QED) is 0.795. The summed E-state index contributed by atoms with van der Waals surface area (Å²) in [6.07, 6.45) is 2.27. The van der Waals surface area contributed by atoms with E-state index in [1.807, 2.05) is 9.25 Å². The van der Waals surface area contributed by atoms with Crippen molar-refractivity contribution in [1.29, 1.82) is 0 Å². The summed E-state index contributed by atoms with van der Waals surface area (Å²) in [5, 5.41) is 4.78. The topological polar surface area (TPSA) is 45.7 Å². The molecule has 2 fully saturated rings. The van der Waals surface area contributed by atoms with E-state index in [0.717, 1.165) is 63.8 Å². The number of rotatable bonds is 5. The van der Waals surface area contributed by atoms with Gasteiger partial charge in [0.05, 0.1) is 25.9 Å². The van der Waals surface area contributed by atoms with Crippen molar-refractivity contribution in [1.82, 2.24) is 14.3 Å². The average molecular weight is 379 g/mol. The van der Waals surface area contributed by atoms with Gasteiger partial charge in [0.1, 0.15) is 18.9 Å². The molecule has 0 amide bonds. The lowest BCUT2D eigenvalue weighted by Gasteiger charge is -2.23. The Hall–Kier alpha value is -1.61. The third kappa shape index (κ3) is 3.88. The molecule has 8 heteroatoms. The minimum Gasteiger partial charge on any atom is -0.376 e. The van der Waals surface area contributed by atoms with Crippen molar-refractivity contribution in [3.63, 3.8) is 0 Å². The molecule has 0 aliphatic carbocycles. The molecule has 1 aromatic carbocycles. The van der Waals surface area contributed by atoms with Crippen LogP contribution >= 0.6 is 12.2 Å². The number of quaternary nitrogens is 1. The van der Waals surface area contributed by atoms with E-state index < -0.39 is 0 Å². The second kappa shape index (κ2) is 7.96. The first-order chi connectivity index (χ1) is 12.7. The molecular formula is C18H24FN4O2S+. The highest BCUT2D eigenvalue weighted by atomic mass is 32.1. The summed E-state index contributed by atoms with van der Waals surface area (Å²) < 4.78 is 29.2. The number of aromatic nitrogens is 3. The number of hydrogen-bond donors (Lipinski definition) is 1. The van der Waals surface area contributed by atoms with E-state index in [9.17, 15) is 4.39 Å². The molecule has 3 heterocycles. The Morgan fingerprint density at radius 1 is 1.19 bits per heavy atom. The van der Waals surface area contributed by atoms with Gasteiger partial charge in [-0.05, 0) is 49.3 Å². The Morgan fingerprint density at radius 3 is 2.65 bits per heavy atom. The number of ether oxygens (including phenoxy) is 2. The van der Waals surface area contributed by atoms with Crippen molar-refractivity contribution in [2.24, 2.45) is 0 Å². The molecule has 0 bridgehead atoms. The third-order valence-electron chi connectivity index (χ3n) is 5.01. The largest absolute Gasteiger partial charge is 0.376 e. The highest BCUT2D eigenvalue weighted by molar-refractivity contribution is 7.71. The van der Waals surface area contributed by atoms with Crippen LogP contribution in [0.3, 0.4) is 0 Å². The van der Waals surface area contributed by atoms with E-state index in [-0.39, 0.29) is 11.9 Å². The van der Waals surface area contributed by atoms with Gasteiger partial charge in [-0.2, -0.15) is 4.68 Å². The van der Waals surface area contributed by atoms with Crippen LogP contribution in [0.25, 0.3) is 11.4 Å². The Kier molecular flexibility index (Phi) is 5.44. The first-order valence-electron chi connectivity index (χ1n) is 9.17. The van der Waals surface area contributed by atoms with Crippen LogP contribution in [-0.4, -0.2) is 53.4 Å². The smallest absolute Gasteiger partial charge is 0.203 e. The molecule has 2 aromatic rings. The molecule has 0 unspecified atom stereocenters. The maximum absolute atomic E-state index is 13.3. The summed E-state index contributed by atoms with van der Waals surface area (Å²) >= 11 is 5.73. The molecular weight excluding hydrogens is 355 g/mol. The van der Waals surface area contributed by atoms with Gasteiger partial charge < -0.3 is 14.4 Å². The highest BCUT2D eigenvalue weighted by Gasteiger charge is 2.22. The molecule has 0 saturated carbocycles. The molecule has 4 rings (SSSR count). The second-order valence-corrected chi connectivity index (χ2v) is 7.24. The molecule has 2 saturated heterocycles. The van der Waals surface area contributed by atoms with Gasteiger partial charge in [0, 0.05) is 12.2 Å². The van der Waals surface area contributed by atoms with Crippen LogP contribution in [0.15, 0.2) is 24.3 Å². The van der Waals surface area contributed by atoms with Crippen LogP contribution in [0, 0.1) is 10.6 Å². The van der Waals surface area contributed by atoms with Crippen LogP contribution in [0.4, 0.5) is 4.39 Å². The van der Waals surface area contributed by atoms with Gasteiger partial charge in [-0.25, -0.2) is 4.39 Å². The first-order valence-corrected chi connectivity index (χ1v) is 9.58. The van der Waals surface area contributed by atoms with E-state index >= 15 is 0 Å². The van der Waals surface area contributed by atoms with Crippen molar-refractivity contribution in [3.8, 4) is 11.4 Å². The number of benzene rings is 1. The minimum atomic E-state index is -0.254. The summed E-state index contributed by atoms with van der Waals surface area (Å²) in [6, 6.07) is 6.43. The summed E-state index contributed by atoms with van der Waals surface area (Å²) in [4.78, 5) is 1.40. The maximum atomic E-state index is 13.3. The van der Waals surface area contributed by atoms with Crippen LogP contribution in [0.1, 0.15) is 12.8 Å². The van der Waals surface area contributed by atoms with Gasteiger partial charge in [0.15, 0.2) is 12.5 Å². The number of morpholine rings is 1. The van der Waals surface area contributed by atoms with Gasteiger partial charge in [0.2, 0.25) is 4.77 Å². The van der Waals surface area contributed by atoms with Crippen molar-refractivity contribution >= 4 is 12.2 Å². The molecule has 2 aliphatic rings. The molecule has 1 aromatic heterocycles. The van der Waals surface area contributed by atoms with Gasteiger partial charge in [-0.3, -0.25) is 4.57 Å². The average Bonchev–Trinajstić information content (AvgIpc) is 3.27. The zero-order valence-corrected chi connectivity index (χ0v) is 15.5. The first kappa shape index (κ1) is 17.8. The maximum Gasteiger partial charge on any atom is 0.203 e.